The Labute approximate surface area is 190 Å². The second-order valence-corrected chi connectivity index (χ2v) is 9.45. The molecular formula is C19H29N6O7P. The lowest BCUT2D eigenvalue weighted by Gasteiger charge is -2.32. The second kappa shape index (κ2) is 10.3. The highest BCUT2D eigenvalue weighted by molar-refractivity contribution is 7.46. The SMILES string of the molecule is CC1CN(c2c3cnc(NC4CCCCC4)nc3nn2C(=O)OCCOP(=O)(O)O)CCO1. The molecular weight excluding hydrogens is 455 g/mol. The van der Waals surface area contributed by atoms with E-state index in [4.69, 9.17) is 19.3 Å². The van der Waals surface area contributed by atoms with Crippen LogP contribution in [0.2, 0.25) is 0 Å². The summed E-state index contributed by atoms with van der Waals surface area (Å²) in [7, 11) is -4.64. The van der Waals surface area contributed by atoms with Crippen molar-refractivity contribution in [3.8, 4) is 0 Å². The lowest BCUT2D eigenvalue weighted by molar-refractivity contribution is 0.0525. The van der Waals surface area contributed by atoms with E-state index in [0.29, 0.717) is 48.5 Å². The monoisotopic (exact) mass is 484 g/mol. The van der Waals surface area contributed by atoms with Crippen LogP contribution in [0.4, 0.5) is 16.6 Å². The van der Waals surface area contributed by atoms with Crippen LogP contribution < -0.4 is 10.2 Å². The number of phosphoric ester groups is 1. The minimum Gasteiger partial charge on any atom is -0.445 e. The fraction of sp³-hybridized carbons (Fsp3) is 0.684. The Hall–Kier alpha value is -2.31. The number of fused-ring (bicyclic) bond motifs is 1. The summed E-state index contributed by atoms with van der Waals surface area (Å²) < 4.78 is 27.0. The summed E-state index contributed by atoms with van der Waals surface area (Å²) in [5.74, 6) is 0.953. The highest BCUT2D eigenvalue weighted by Crippen LogP contribution is 2.35. The molecule has 1 aliphatic carbocycles. The zero-order valence-electron chi connectivity index (χ0n) is 18.4. The van der Waals surface area contributed by atoms with Gasteiger partial charge in [-0.15, -0.1) is 9.78 Å². The van der Waals surface area contributed by atoms with Crippen molar-refractivity contribution in [2.45, 2.75) is 51.2 Å². The zero-order chi connectivity index (χ0) is 23.4. The van der Waals surface area contributed by atoms with E-state index < -0.39 is 20.5 Å². The molecule has 33 heavy (non-hydrogen) atoms. The fourth-order valence-electron chi connectivity index (χ4n) is 4.15. The smallest absolute Gasteiger partial charge is 0.445 e. The number of carbonyl (C=O) groups excluding carboxylic acids is 1. The van der Waals surface area contributed by atoms with E-state index in [9.17, 15) is 9.36 Å². The molecule has 1 aliphatic heterocycles. The molecule has 1 atom stereocenters. The summed E-state index contributed by atoms with van der Waals surface area (Å²) in [4.78, 5) is 41.3. The van der Waals surface area contributed by atoms with Gasteiger partial charge in [-0.25, -0.2) is 14.3 Å². The van der Waals surface area contributed by atoms with Gasteiger partial charge in [0.15, 0.2) is 11.5 Å². The predicted octanol–water partition coefficient (Wildman–Crippen LogP) is 1.89. The van der Waals surface area contributed by atoms with Crippen LogP contribution in [0.15, 0.2) is 6.20 Å². The van der Waals surface area contributed by atoms with E-state index in [1.807, 2.05) is 11.8 Å². The van der Waals surface area contributed by atoms with E-state index in [-0.39, 0.29) is 12.7 Å². The summed E-state index contributed by atoms with van der Waals surface area (Å²) in [6.45, 7) is 2.71. The Kier molecular flexibility index (Phi) is 7.45. The Morgan fingerprint density at radius 1 is 1.30 bits per heavy atom. The van der Waals surface area contributed by atoms with Crippen LogP contribution in [0.5, 0.6) is 0 Å². The lowest BCUT2D eigenvalue weighted by Crippen LogP contribution is -2.42. The Balaban J connectivity index is 1.57. The summed E-state index contributed by atoms with van der Waals surface area (Å²) in [6.07, 6.45) is 6.51. The first-order valence-corrected chi connectivity index (χ1v) is 12.6. The molecule has 13 nitrogen and oxygen atoms in total. The number of rotatable bonds is 7. The topological polar surface area (TPSA) is 161 Å². The van der Waals surface area contributed by atoms with Crippen molar-refractivity contribution in [2.75, 3.05) is 43.1 Å². The molecule has 1 saturated carbocycles. The molecule has 2 fully saturated rings. The molecule has 182 valence electrons. The van der Waals surface area contributed by atoms with E-state index in [1.54, 1.807) is 6.20 Å². The number of aromatic nitrogens is 4. The van der Waals surface area contributed by atoms with Gasteiger partial charge in [0.05, 0.1) is 24.7 Å². The third-order valence-corrected chi connectivity index (χ3v) is 6.14. The van der Waals surface area contributed by atoms with Crippen molar-refractivity contribution < 1.29 is 33.1 Å². The normalized spacial score (nSPS) is 20.2. The molecule has 2 aliphatic rings. The molecule has 2 aromatic rings. The Morgan fingerprint density at radius 2 is 2.09 bits per heavy atom. The molecule has 14 heteroatoms. The lowest BCUT2D eigenvalue weighted by atomic mass is 9.96. The van der Waals surface area contributed by atoms with Gasteiger partial charge in [0.1, 0.15) is 6.61 Å². The number of nitrogens with one attached hydrogen (secondary N) is 1. The van der Waals surface area contributed by atoms with Gasteiger partial charge in [0.25, 0.3) is 0 Å². The van der Waals surface area contributed by atoms with Crippen molar-refractivity contribution in [3.63, 3.8) is 0 Å². The summed E-state index contributed by atoms with van der Waals surface area (Å²) in [5, 5.41) is 8.33. The molecule has 0 spiro atoms. The van der Waals surface area contributed by atoms with E-state index in [2.05, 4.69) is 24.9 Å². The van der Waals surface area contributed by atoms with Gasteiger partial charge < -0.3 is 29.5 Å². The molecule has 4 rings (SSSR count). The van der Waals surface area contributed by atoms with Crippen LogP contribution in [0, 0.1) is 0 Å². The molecule has 1 saturated heterocycles. The summed E-state index contributed by atoms with van der Waals surface area (Å²) in [5.41, 5.74) is 0.348. The minimum atomic E-state index is -4.64. The Bertz CT molecular complexity index is 1020. The van der Waals surface area contributed by atoms with E-state index in [1.165, 1.54) is 19.3 Å². The molecule has 0 aromatic carbocycles. The standard InChI is InChI=1S/C19H29N6O7P/c1-13-12-24(7-8-30-13)17-15-11-20-18(21-14-5-3-2-4-6-14)22-16(15)23-25(17)19(26)31-9-10-32-33(27,28)29/h11,13-14H,2-10,12H2,1H3,(H,21,22,23)(H2,27,28,29). The average Bonchev–Trinajstić information content (AvgIpc) is 3.15. The van der Waals surface area contributed by atoms with Gasteiger partial charge in [0, 0.05) is 25.3 Å². The number of morpholine rings is 1. The number of hydrogen-bond donors (Lipinski definition) is 3. The Morgan fingerprint density at radius 3 is 2.82 bits per heavy atom. The first-order valence-electron chi connectivity index (χ1n) is 11.1. The highest BCUT2D eigenvalue weighted by atomic mass is 31.2. The maximum Gasteiger partial charge on any atom is 0.469 e. The summed E-state index contributed by atoms with van der Waals surface area (Å²) in [6, 6.07) is 0.317. The van der Waals surface area contributed by atoms with Crippen molar-refractivity contribution in [1.82, 2.24) is 19.7 Å². The third kappa shape index (κ3) is 6.18. The minimum absolute atomic E-state index is 0.0435. The number of phosphoric acid groups is 1. The van der Waals surface area contributed by atoms with Crippen LogP contribution >= 0.6 is 7.82 Å². The molecule has 3 heterocycles. The maximum atomic E-state index is 12.8. The van der Waals surface area contributed by atoms with Crippen LogP contribution in [-0.4, -0.2) is 80.7 Å². The van der Waals surface area contributed by atoms with Gasteiger partial charge in [-0.1, -0.05) is 19.3 Å². The third-order valence-electron chi connectivity index (χ3n) is 5.63. The molecule has 0 amide bonds. The van der Waals surface area contributed by atoms with Crippen molar-refractivity contribution in [2.24, 2.45) is 0 Å². The number of carbonyl (C=O) groups is 1. The maximum absolute atomic E-state index is 12.8. The summed E-state index contributed by atoms with van der Waals surface area (Å²) >= 11 is 0. The first-order chi connectivity index (χ1) is 15.8. The van der Waals surface area contributed by atoms with Crippen LogP contribution in [-0.2, 0) is 18.6 Å². The van der Waals surface area contributed by atoms with Crippen molar-refractivity contribution in [1.29, 1.82) is 0 Å². The molecule has 1 unspecified atom stereocenters. The molecule has 2 aromatic heterocycles. The number of anilines is 2. The van der Waals surface area contributed by atoms with E-state index >= 15 is 0 Å². The highest BCUT2D eigenvalue weighted by Gasteiger charge is 2.28. The predicted molar refractivity (Wildman–Crippen MR) is 118 cm³/mol. The van der Waals surface area contributed by atoms with Gasteiger partial charge >= 0.3 is 13.9 Å². The van der Waals surface area contributed by atoms with Crippen LogP contribution in [0.25, 0.3) is 11.0 Å². The average molecular weight is 484 g/mol. The zero-order valence-corrected chi connectivity index (χ0v) is 19.3. The molecule has 0 radical (unpaired) electrons. The number of ether oxygens (including phenoxy) is 2. The van der Waals surface area contributed by atoms with Gasteiger partial charge in [-0.3, -0.25) is 4.52 Å². The van der Waals surface area contributed by atoms with Crippen LogP contribution in [0.3, 0.4) is 0 Å². The van der Waals surface area contributed by atoms with Crippen LogP contribution in [0.1, 0.15) is 39.0 Å². The quantitative estimate of drug-likeness (QED) is 0.387. The first kappa shape index (κ1) is 23.8. The van der Waals surface area contributed by atoms with Gasteiger partial charge in [-0.05, 0) is 19.8 Å². The number of nitrogens with zero attached hydrogens (tertiary/aromatic N) is 5. The molecule has 3 N–H and O–H groups in total. The molecule has 0 bridgehead atoms. The van der Waals surface area contributed by atoms with Crippen molar-refractivity contribution in [3.05, 3.63) is 6.20 Å². The van der Waals surface area contributed by atoms with E-state index in [0.717, 1.165) is 17.5 Å². The number of hydrogen-bond acceptors (Lipinski definition) is 10. The van der Waals surface area contributed by atoms with Gasteiger partial charge in [-0.2, -0.15) is 4.98 Å². The van der Waals surface area contributed by atoms with Crippen molar-refractivity contribution >= 4 is 36.7 Å². The largest absolute Gasteiger partial charge is 0.469 e. The second-order valence-electron chi connectivity index (χ2n) is 8.21. The fourth-order valence-corrected chi connectivity index (χ4v) is 4.46. The van der Waals surface area contributed by atoms with Gasteiger partial charge in [0.2, 0.25) is 5.95 Å².